The van der Waals surface area contributed by atoms with Crippen molar-refractivity contribution in [2.75, 3.05) is 12.4 Å². The first-order valence-electron chi connectivity index (χ1n) is 9.71. The molecule has 5 nitrogen and oxygen atoms in total. The van der Waals surface area contributed by atoms with Crippen LogP contribution in [-0.4, -0.2) is 21.6 Å². The maximum Gasteiger partial charge on any atom is 0.150 e. The van der Waals surface area contributed by atoms with Crippen LogP contribution in [0.15, 0.2) is 97.5 Å². The molecule has 0 unspecified atom stereocenters. The normalized spacial score (nSPS) is 10.8. The predicted molar refractivity (Wildman–Crippen MR) is 121 cm³/mol. The fourth-order valence-corrected chi connectivity index (χ4v) is 3.59. The lowest BCUT2D eigenvalue weighted by Crippen LogP contribution is -1.98. The fourth-order valence-electron chi connectivity index (χ4n) is 3.59. The van der Waals surface area contributed by atoms with Crippen molar-refractivity contribution in [3.63, 3.8) is 0 Å². The molecule has 2 aromatic heterocycles. The number of methoxy groups -OCH3 is 1. The van der Waals surface area contributed by atoms with Crippen LogP contribution in [-0.2, 0) is 0 Å². The second-order valence-corrected chi connectivity index (χ2v) is 6.89. The van der Waals surface area contributed by atoms with Crippen molar-refractivity contribution in [2.45, 2.75) is 0 Å². The molecule has 5 aromatic rings. The molecule has 1 N–H and O–H groups in total. The molecule has 0 saturated heterocycles. The number of ether oxygens (including phenoxy) is 1. The molecular formula is C25H20N4O. The van der Waals surface area contributed by atoms with Gasteiger partial charge >= 0.3 is 0 Å². The van der Waals surface area contributed by atoms with Gasteiger partial charge in [-0.25, -0.2) is 9.97 Å². The van der Waals surface area contributed by atoms with Crippen LogP contribution in [0.5, 0.6) is 5.75 Å². The molecule has 5 rings (SSSR count). The molecule has 0 aliphatic carbocycles. The number of fused-ring (bicyclic) bond motifs is 1. The highest BCUT2D eigenvalue weighted by atomic mass is 16.5. The minimum Gasteiger partial charge on any atom is -0.497 e. The van der Waals surface area contributed by atoms with E-state index in [9.17, 15) is 0 Å². The van der Waals surface area contributed by atoms with Crippen molar-refractivity contribution >= 4 is 22.5 Å². The monoisotopic (exact) mass is 392 g/mol. The van der Waals surface area contributed by atoms with Gasteiger partial charge in [-0.15, -0.1) is 0 Å². The van der Waals surface area contributed by atoms with Gasteiger partial charge in [0.25, 0.3) is 0 Å². The molecule has 146 valence electrons. The highest BCUT2D eigenvalue weighted by Gasteiger charge is 2.17. The first-order valence-corrected chi connectivity index (χ1v) is 9.71. The number of rotatable bonds is 5. The van der Waals surface area contributed by atoms with Gasteiger partial charge < -0.3 is 14.6 Å². The number of benzene rings is 3. The number of nitrogens with zero attached hydrogens (tertiary/aromatic N) is 3. The van der Waals surface area contributed by atoms with E-state index in [4.69, 9.17) is 4.74 Å². The van der Waals surface area contributed by atoms with E-state index in [1.165, 1.54) is 0 Å². The van der Waals surface area contributed by atoms with E-state index in [-0.39, 0.29) is 0 Å². The Kier molecular flexibility index (Phi) is 4.62. The van der Waals surface area contributed by atoms with Crippen LogP contribution in [0.1, 0.15) is 0 Å². The van der Waals surface area contributed by atoms with E-state index >= 15 is 0 Å². The molecule has 0 spiro atoms. The third kappa shape index (κ3) is 3.26. The number of aromatic nitrogens is 3. The molecule has 0 amide bonds. The molecule has 0 bridgehead atoms. The van der Waals surface area contributed by atoms with Crippen LogP contribution in [0, 0.1) is 0 Å². The van der Waals surface area contributed by atoms with Gasteiger partial charge in [-0.05, 0) is 42.0 Å². The average molecular weight is 392 g/mol. The molecule has 0 saturated carbocycles. The van der Waals surface area contributed by atoms with Crippen molar-refractivity contribution in [1.29, 1.82) is 0 Å². The van der Waals surface area contributed by atoms with E-state index in [0.29, 0.717) is 0 Å². The molecule has 0 atom stereocenters. The topological polar surface area (TPSA) is 52.0 Å². The van der Waals surface area contributed by atoms with Crippen molar-refractivity contribution < 1.29 is 4.74 Å². The van der Waals surface area contributed by atoms with E-state index < -0.39 is 0 Å². The Balaban J connectivity index is 1.73. The summed E-state index contributed by atoms with van der Waals surface area (Å²) in [7, 11) is 1.67. The van der Waals surface area contributed by atoms with Crippen molar-refractivity contribution in [1.82, 2.24) is 14.5 Å². The number of anilines is 2. The molecule has 2 heterocycles. The molecule has 5 heteroatoms. The lowest BCUT2D eigenvalue weighted by Gasteiger charge is -2.09. The van der Waals surface area contributed by atoms with Gasteiger partial charge in [0.1, 0.15) is 17.9 Å². The summed E-state index contributed by atoms with van der Waals surface area (Å²) in [6, 6.07) is 28.3. The standard InChI is InChI=1S/C25H20N4O/c1-30-21-14-12-20(13-15-21)29-16-22(18-8-4-2-5-9-18)23-24(26-17-27-25(23)29)28-19-10-6-3-7-11-19/h2-17H,1H3,(H,26,27,28). The van der Waals surface area contributed by atoms with Crippen LogP contribution >= 0.6 is 0 Å². The summed E-state index contributed by atoms with van der Waals surface area (Å²) in [5.74, 6) is 1.59. The van der Waals surface area contributed by atoms with Crippen LogP contribution in [0.3, 0.4) is 0 Å². The summed E-state index contributed by atoms with van der Waals surface area (Å²) in [5.41, 5.74) is 5.01. The van der Waals surface area contributed by atoms with Crippen LogP contribution < -0.4 is 10.1 Å². The second-order valence-electron chi connectivity index (χ2n) is 6.89. The molecule has 0 fully saturated rings. The van der Waals surface area contributed by atoms with Crippen LogP contribution in [0.2, 0.25) is 0 Å². The van der Waals surface area contributed by atoms with E-state index in [0.717, 1.165) is 45.1 Å². The Morgan fingerprint density at radius 1 is 0.800 bits per heavy atom. The van der Waals surface area contributed by atoms with Crippen molar-refractivity contribution in [3.05, 3.63) is 97.5 Å². The SMILES string of the molecule is COc1ccc(-n2cc(-c3ccccc3)c3c(Nc4ccccc4)ncnc32)cc1. The minimum absolute atomic E-state index is 0.775. The number of para-hydroxylation sites is 1. The Morgan fingerprint density at radius 2 is 1.50 bits per heavy atom. The maximum absolute atomic E-state index is 5.31. The summed E-state index contributed by atoms with van der Waals surface area (Å²) in [5, 5.41) is 4.43. The predicted octanol–water partition coefficient (Wildman–Crippen LogP) is 5.84. The highest BCUT2D eigenvalue weighted by Crippen LogP contribution is 2.36. The van der Waals surface area contributed by atoms with E-state index in [1.807, 2.05) is 72.8 Å². The van der Waals surface area contributed by atoms with E-state index in [2.05, 4.69) is 38.2 Å². The first-order chi connectivity index (χ1) is 14.8. The van der Waals surface area contributed by atoms with Crippen LogP contribution in [0.4, 0.5) is 11.5 Å². The molecular weight excluding hydrogens is 372 g/mol. The number of hydrogen-bond donors (Lipinski definition) is 1. The zero-order valence-electron chi connectivity index (χ0n) is 16.5. The third-order valence-electron chi connectivity index (χ3n) is 5.05. The highest BCUT2D eigenvalue weighted by molar-refractivity contribution is 6.03. The minimum atomic E-state index is 0.775. The fraction of sp³-hybridized carbons (Fsp3) is 0.0400. The lowest BCUT2D eigenvalue weighted by atomic mass is 10.1. The second kappa shape index (κ2) is 7.72. The van der Waals surface area contributed by atoms with Gasteiger partial charge in [0.2, 0.25) is 0 Å². The summed E-state index contributed by atoms with van der Waals surface area (Å²) in [6.07, 6.45) is 3.72. The van der Waals surface area contributed by atoms with Crippen molar-refractivity contribution in [2.24, 2.45) is 0 Å². The lowest BCUT2D eigenvalue weighted by molar-refractivity contribution is 0.415. The van der Waals surface area contributed by atoms with Gasteiger partial charge in [0, 0.05) is 23.1 Å². The summed E-state index contributed by atoms with van der Waals surface area (Å²) >= 11 is 0. The Bertz CT molecular complexity index is 1280. The Labute approximate surface area is 174 Å². The largest absolute Gasteiger partial charge is 0.497 e. The first kappa shape index (κ1) is 17.9. The van der Waals surface area contributed by atoms with Gasteiger partial charge in [0.15, 0.2) is 5.65 Å². The van der Waals surface area contributed by atoms with Crippen LogP contribution in [0.25, 0.3) is 27.8 Å². The summed E-state index contributed by atoms with van der Waals surface area (Å²) in [4.78, 5) is 9.20. The third-order valence-corrected chi connectivity index (χ3v) is 5.05. The quantitative estimate of drug-likeness (QED) is 0.408. The molecule has 30 heavy (non-hydrogen) atoms. The summed E-state index contributed by atoms with van der Waals surface area (Å²) in [6.45, 7) is 0. The Morgan fingerprint density at radius 3 is 2.20 bits per heavy atom. The zero-order chi connectivity index (χ0) is 20.3. The Hall–Kier alpha value is -4.12. The summed E-state index contributed by atoms with van der Waals surface area (Å²) < 4.78 is 7.40. The number of nitrogens with one attached hydrogen (secondary N) is 1. The van der Waals surface area contributed by atoms with Gasteiger partial charge in [-0.2, -0.15) is 0 Å². The van der Waals surface area contributed by atoms with E-state index in [1.54, 1.807) is 13.4 Å². The molecule has 0 radical (unpaired) electrons. The van der Waals surface area contributed by atoms with Gasteiger partial charge in [-0.1, -0.05) is 48.5 Å². The smallest absolute Gasteiger partial charge is 0.150 e. The maximum atomic E-state index is 5.31. The molecule has 0 aliphatic heterocycles. The number of hydrogen-bond acceptors (Lipinski definition) is 4. The van der Waals surface area contributed by atoms with Gasteiger partial charge in [0.05, 0.1) is 12.5 Å². The molecule has 3 aromatic carbocycles. The zero-order valence-corrected chi connectivity index (χ0v) is 16.5. The molecule has 0 aliphatic rings. The van der Waals surface area contributed by atoms with Crippen molar-refractivity contribution in [3.8, 4) is 22.6 Å². The average Bonchev–Trinajstić information content (AvgIpc) is 3.21. The van der Waals surface area contributed by atoms with Gasteiger partial charge in [-0.3, -0.25) is 0 Å².